The Morgan fingerprint density at radius 3 is 2.28 bits per heavy atom. The summed E-state index contributed by atoms with van der Waals surface area (Å²) >= 11 is 0. The van der Waals surface area contributed by atoms with Gasteiger partial charge in [-0.05, 0) is 24.3 Å². The van der Waals surface area contributed by atoms with Gasteiger partial charge in [-0.3, -0.25) is 4.57 Å². The van der Waals surface area contributed by atoms with Crippen molar-refractivity contribution in [3.8, 4) is 17.3 Å². The van der Waals surface area contributed by atoms with Crippen LogP contribution in [0.2, 0.25) is 0 Å². The summed E-state index contributed by atoms with van der Waals surface area (Å²) in [6, 6.07) is 27.4. The minimum atomic E-state index is -0.121. The summed E-state index contributed by atoms with van der Waals surface area (Å²) in [5, 5.41) is 1.25. The molecule has 0 radical (unpaired) electrons. The van der Waals surface area contributed by atoms with E-state index in [1.807, 2.05) is 12.1 Å². The summed E-state index contributed by atoms with van der Waals surface area (Å²) < 4.78 is 8.69. The van der Waals surface area contributed by atoms with Gasteiger partial charge in [0.25, 0.3) is 0 Å². The molecule has 1 aliphatic rings. The lowest BCUT2D eigenvalue weighted by Gasteiger charge is -2.33. The quantitative estimate of drug-likeness (QED) is 0.415. The van der Waals surface area contributed by atoms with Crippen molar-refractivity contribution >= 4 is 10.9 Å². The molecule has 0 N–H and O–H groups in total. The molecule has 0 saturated heterocycles. The molecule has 2 heterocycles. The molecule has 2 nitrogen and oxygen atoms in total. The van der Waals surface area contributed by atoms with Crippen LogP contribution in [0.25, 0.3) is 16.6 Å². The van der Waals surface area contributed by atoms with Crippen LogP contribution in [0.15, 0.2) is 78.9 Å². The Balaban J connectivity index is 1.92. The number of fused-ring (bicyclic) bond motifs is 4. The van der Waals surface area contributed by atoms with Crippen molar-refractivity contribution < 1.29 is 4.74 Å². The first kappa shape index (κ1) is 14.4. The van der Waals surface area contributed by atoms with E-state index >= 15 is 0 Å². The maximum Gasteiger partial charge on any atom is 0.209 e. The Labute approximate surface area is 147 Å². The Bertz CT molecular complexity index is 1090. The highest BCUT2D eigenvalue weighted by Gasteiger charge is 2.38. The third-order valence-corrected chi connectivity index (χ3v) is 5.24. The fourth-order valence-corrected chi connectivity index (χ4v) is 4.06. The van der Waals surface area contributed by atoms with Crippen LogP contribution in [0.5, 0.6) is 11.6 Å². The third kappa shape index (κ3) is 1.91. The van der Waals surface area contributed by atoms with Crippen molar-refractivity contribution in [2.45, 2.75) is 19.3 Å². The molecule has 0 saturated carbocycles. The van der Waals surface area contributed by atoms with Crippen LogP contribution in [0, 0.1) is 0 Å². The van der Waals surface area contributed by atoms with E-state index < -0.39 is 0 Å². The van der Waals surface area contributed by atoms with E-state index in [-0.39, 0.29) is 5.41 Å². The molecule has 0 unspecified atom stereocenters. The highest BCUT2D eigenvalue weighted by atomic mass is 16.5. The van der Waals surface area contributed by atoms with Crippen molar-refractivity contribution in [1.82, 2.24) is 4.57 Å². The molecule has 0 aliphatic carbocycles. The second-order valence-electron chi connectivity index (χ2n) is 7.09. The van der Waals surface area contributed by atoms with Crippen LogP contribution in [0.3, 0.4) is 0 Å². The Morgan fingerprint density at radius 2 is 1.44 bits per heavy atom. The molecule has 3 aromatic carbocycles. The second-order valence-corrected chi connectivity index (χ2v) is 7.09. The lowest BCUT2D eigenvalue weighted by molar-refractivity contribution is 0.399. The van der Waals surface area contributed by atoms with Crippen LogP contribution in [0.1, 0.15) is 25.0 Å². The zero-order valence-corrected chi connectivity index (χ0v) is 14.4. The molecule has 25 heavy (non-hydrogen) atoms. The zero-order chi connectivity index (χ0) is 17.0. The molecule has 5 rings (SSSR count). The summed E-state index contributed by atoms with van der Waals surface area (Å²) in [4.78, 5) is 0. The van der Waals surface area contributed by atoms with Crippen molar-refractivity contribution in [3.05, 3.63) is 90.0 Å². The van der Waals surface area contributed by atoms with Gasteiger partial charge in [0.05, 0.1) is 5.52 Å². The number of rotatable bonds is 1. The number of aromatic nitrogens is 1. The predicted molar refractivity (Wildman–Crippen MR) is 102 cm³/mol. The van der Waals surface area contributed by atoms with E-state index in [1.165, 1.54) is 22.0 Å². The average molecular weight is 325 g/mol. The van der Waals surface area contributed by atoms with Gasteiger partial charge in [0.2, 0.25) is 5.88 Å². The van der Waals surface area contributed by atoms with Gasteiger partial charge in [-0.1, -0.05) is 68.4 Å². The van der Waals surface area contributed by atoms with Crippen molar-refractivity contribution in [2.75, 3.05) is 0 Å². The molecule has 0 atom stereocenters. The lowest BCUT2D eigenvalue weighted by atomic mass is 9.76. The van der Waals surface area contributed by atoms with Gasteiger partial charge in [-0.2, -0.15) is 0 Å². The topological polar surface area (TPSA) is 14.2 Å². The highest BCUT2D eigenvalue weighted by Crippen LogP contribution is 2.52. The molecule has 2 heteroatoms. The van der Waals surface area contributed by atoms with Crippen LogP contribution in [-0.4, -0.2) is 4.57 Å². The summed E-state index contributed by atoms with van der Waals surface area (Å²) in [7, 11) is 0. The van der Waals surface area contributed by atoms with Crippen molar-refractivity contribution in [1.29, 1.82) is 0 Å². The zero-order valence-electron chi connectivity index (χ0n) is 14.4. The number of ether oxygens (including phenoxy) is 1. The van der Waals surface area contributed by atoms with E-state index in [0.29, 0.717) is 0 Å². The highest BCUT2D eigenvalue weighted by molar-refractivity contribution is 5.91. The number of hydrogen-bond donors (Lipinski definition) is 0. The Morgan fingerprint density at radius 1 is 0.760 bits per heavy atom. The molecule has 122 valence electrons. The monoisotopic (exact) mass is 325 g/mol. The first-order valence-electron chi connectivity index (χ1n) is 8.64. The lowest BCUT2D eigenvalue weighted by Crippen LogP contribution is -2.24. The first-order chi connectivity index (χ1) is 12.2. The standard InChI is InChI=1S/C23H19NO/c1-23(2)18-13-7-9-15-20(18)25-22-21(23)17-12-6-8-14-19(17)24(22)16-10-4-3-5-11-16/h3-15H,1-2H3. The molecular formula is C23H19NO. The molecule has 0 amide bonds. The van der Waals surface area contributed by atoms with Crippen LogP contribution in [-0.2, 0) is 5.41 Å². The maximum atomic E-state index is 6.45. The summed E-state index contributed by atoms with van der Waals surface area (Å²) in [6.07, 6.45) is 0. The minimum Gasteiger partial charge on any atom is -0.440 e. The van der Waals surface area contributed by atoms with Crippen molar-refractivity contribution in [3.63, 3.8) is 0 Å². The normalized spacial score (nSPS) is 14.6. The van der Waals surface area contributed by atoms with Gasteiger partial charge in [0.15, 0.2) is 0 Å². The molecule has 0 fully saturated rings. The molecule has 0 bridgehead atoms. The molecule has 1 aliphatic heterocycles. The molecule has 1 aromatic heterocycles. The fraction of sp³-hybridized carbons (Fsp3) is 0.130. The number of para-hydroxylation sites is 3. The van der Waals surface area contributed by atoms with Crippen LogP contribution >= 0.6 is 0 Å². The smallest absolute Gasteiger partial charge is 0.209 e. The minimum absolute atomic E-state index is 0.121. The predicted octanol–water partition coefficient (Wildman–Crippen LogP) is 6.06. The van der Waals surface area contributed by atoms with Crippen LogP contribution < -0.4 is 4.74 Å². The first-order valence-corrected chi connectivity index (χ1v) is 8.64. The fourth-order valence-electron chi connectivity index (χ4n) is 4.06. The van der Waals surface area contributed by atoms with Crippen molar-refractivity contribution in [2.24, 2.45) is 0 Å². The van der Waals surface area contributed by atoms with E-state index in [4.69, 9.17) is 4.74 Å². The molecule has 4 aromatic rings. The number of nitrogens with zero attached hydrogens (tertiary/aromatic N) is 1. The van der Waals surface area contributed by atoms with E-state index in [2.05, 4.69) is 85.1 Å². The molecule has 0 spiro atoms. The summed E-state index contributed by atoms with van der Waals surface area (Å²) in [5.74, 6) is 1.87. The average Bonchev–Trinajstić information content (AvgIpc) is 2.97. The third-order valence-electron chi connectivity index (χ3n) is 5.24. The Hall–Kier alpha value is -3.00. The second kappa shape index (κ2) is 5.00. The van der Waals surface area contributed by atoms with E-state index in [1.54, 1.807) is 0 Å². The molecular weight excluding hydrogens is 306 g/mol. The SMILES string of the molecule is CC1(C)c2ccccc2Oc2c1c1ccccc1n2-c1ccccc1. The van der Waals surface area contributed by atoms with Gasteiger partial charge in [0, 0.05) is 27.6 Å². The van der Waals surface area contributed by atoms with Gasteiger partial charge >= 0.3 is 0 Å². The van der Waals surface area contributed by atoms with Crippen LogP contribution in [0.4, 0.5) is 0 Å². The van der Waals surface area contributed by atoms with Gasteiger partial charge in [-0.15, -0.1) is 0 Å². The van der Waals surface area contributed by atoms with E-state index in [9.17, 15) is 0 Å². The number of benzene rings is 3. The van der Waals surface area contributed by atoms with Gasteiger partial charge in [0.1, 0.15) is 5.75 Å². The number of hydrogen-bond acceptors (Lipinski definition) is 1. The Kier molecular flexibility index (Phi) is 2.87. The van der Waals surface area contributed by atoms with Gasteiger partial charge < -0.3 is 4.74 Å². The largest absolute Gasteiger partial charge is 0.440 e. The maximum absolute atomic E-state index is 6.45. The summed E-state index contributed by atoms with van der Waals surface area (Å²) in [5.41, 5.74) is 4.67. The van der Waals surface area contributed by atoms with Gasteiger partial charge in [-0.25, -0.2) is 0 Å². The van der Waals surface area contributed by atoms with E-state index in [0.717, 1.165) is 17.3 Å². The summed E-state index contributed by atoms with van der Waals surface area (Å²) in [6.45, 7) is 4.57.